The molecule has 1 saturated heterocycles. The van der Waals surface area contributed by atoms with Crippen LogP contribution < -0.4 is 23.7 Å². The first-order valence-electron chi connectivity index (χ1n) is 13.8. The highest BCUT2D eigenvalue weighted by atomic mass is 16.7. The van der Waals surface area contributed by atoms with E-state index in [1.165, 1.54) is 0 Å². The number of amides is 1. The lowest BCUT2D eigenvalue weighted by Crippen LogP contribution is -2.54. The van der Waals surface area contributed by atoms with Gasteiger partial charge in [-0.1, -0.05) is 13.8 Å². The number of ether oxygens (including phenoxy) is 5. The molecule has 2 heterocycles. The Balaban J connectivity index is 1.62. The van der Waals surface area contributed by atoms with Crippen LogP contribution in [-0.4, -0.2) is 93.4 Å². The number of benzene rings is 2. The Kier molecular flexibility index (Phi) is 8.30. The number of nitrogens with zero attached hydrogens (tertiary/aromatic N) is 2. The van der Waals surface area contributed by atoms with Gasteiger partial charge >= 0.3 is 0 Å². The number of aliphatic hydroxyl groups excluding tert-OH is 2. The molecule has 0 bridgehead atoms. The molecule has 10 heteroatoms. The molecule has 5 rings (SSSR count). The van der Waals surface area contributed by atoms with Crippen LogP contribution in [0.5, 0.6) is 28.7 Å². The maximum Gasteiger partial charge on any atom is 0.231 e. The van der Waals surface area contributed by atoms with E-state index in [4.69, 9.17) is 23.7 Å². The van der Waals surface area contributed by atoms with Gasteiger partial charge in [-0.05, 0) is 46.9 Å². The molecule has 0 aromatic heterocycles. The highest BCUT2D eigenvalue weighted by molar-refractivity contribution is 5.82. The summed E-state index contributed by atoms with van der Waals surface area (Å²) in [5.41, 5.74) is 2.09. The lowest BCUT2D eigenvalue weighted by molar-refractivity contribution is -0.143. The van der Waals surface area contributed by atoms with Gasteiger partial charge in [-0.3, -0.25) is 9.69 Å². The molecule has 40 heavy (non-hydrogen) atoms. The molecule has 3 aliphatic rings. The van der Waals surface area contributed by atoms with Gasteiger partial charge in [0.2, 0.25) is 18.4 Å². The molecule has 1 fully saturated rings. The Morgan fingerprint density at radius 2 is 1.55 bits per heavy atom. The predicted molar refractivity (Wildman–Crippen MR) is 147 cm³/mol. The second-order valence-corrected chi connectivity index (χ2v) is 11.1. The zero-order valence-corrected chi connectivity index (χ0v) is 23.9. The van der Waals surface area contributed by atoms with Gasteiger partial charge in [0.1, 0.15) is 0 Å². The highest BCUT2D eigenvalue weighted by Gasteiger charge is 2.49. The minimum absolute atomic E-state index is 0.0790. The van der Waals surface area contributed by atoms with Crippen molar-refractivity contribution in [3.8, 4) is 28.7 Å². The standard InChI is InChI=1S/C30H40N2O8/c1-17(2)14-31-6-8-32(9-7-31)30(35)27-21(15-33)28(34)20-13-23-22(39-16-40-23)12-19(20)26(27)18-10-24(36-3)29(38-5)25(11-18)37-4/h10-13,17,21,26-28,33-34H,6-9,14-16H2,1-5H3/t21-,26+,27-,28-/m0/s1. The van der Waals surface area contributed by atoms with E-state index in [1.807, 2.05) is 23.1 Å². The average molecular weight is 557 g/mol. The van der Waals surface area contributed by atoms with Crippen molar-refractivity contribution in [1.29, 1.82) is 0 Å². The van der Waals surface area contributed by atoms with Crippen molar-refractivity contribution < 1.29 is 38.7 Å². The SMILES string of the molecule is COc1cc([C@@H]2c3cc4c(cc3[C@H](O)[C@@H](CO)[C@@H]2C(=O)N2CCN(CC(C)C)CC2)OCO4)cc(OC)c1OC. The van der Waals surface area contributed by atoms with Crippen LogP contribution in [0.3, 0.4) is 0 Å². The fraction of sp³-hybridized carbons (Fsp3) is 0.567. The van der Waals surface area contributed by atoms with Crippen molar-refractivity contribution >= 4 is 5.91 Å². The molecular weight excluding hydrogens is 516 g/mol. The van der Waals surface area contributed by atoms with Crippen LogP contribution >= 0.6 is 0 Å². The number of aliphatic hydroxyl groups is 2. The van der Waals surface area contributed by atoms with Gasteiger partial charge in [0.05, 0.1) is 33.4 Å². The number of carbonyl (C=O) groups is 1. The van der Waals surface area contributed by atoms with Gasteiger partial charge in [0.25, 0.3) is 0 Å². The minimum atomic E-state index is -1.07. The number of methoxy groups -OCH3 is 3. The van der Waals surface area contributed by atoms with Crippen molar-refractivity contribution in [2.24, 2.45) is 17.8 Å². The summed E-state index contributed by atoms with van der Waals surface area (Å²) < 4.78 is 28.2. The Morgan fingerprint density at radius 1 is 0.950 bits per heavy atom. The lowest BCUT2D eigenvalue weighted by Gasteiger charge is -2.45. The molecule has 2 aliphatic heterocycles. The Bertz CT molecular complexity index is 1200. The van der Waals surface area contributed by atoms with E-state index in [9.17, 15) is 15.0 Å². The average Bonchev–Trinajstić information content (AvgIpc) is 3.42. The van der Waals surface area contributed by atoms with Crippen molar-refractivity contribution in [3.63, 3.8) is 0 Å². The second-order valence-electron chi connectivity index (χ2n) is 11.1. The topological polar surface area (TPSA) is 110 Å². The summed E-state index contributed by atoms with van der Waals surface area (Å²) in [5, 5.41) is 22.2. The molecule has 0 unspecified atom stereocenters. The van der Waals surface area contributed by atoms with Gasteiger partial charge in [0.15, 0.2) is 23.0 Å². The summed E-state index contributed by atoms with van der Waals surface area (Å²) in [6, 6.07) is 7.30. The monoisotopic (exact) mass is 556 g/mol. The Morgan fingerprint density at radius 3 is 2.08 bits per heavy atom. The predicted octanol–water partition coefficient (Wildman–Crippen LogP) is 2.64. The normalized spacial score (nSPS) is 24.1. The molecular formula is C30H40N2O8. The summed E-state index contributed by atoms with van der Waals surface area (Å²) in [4.78, 5) is 18.6. The summed E-state index contributed by atoms with van der Waals surface area (Å²) in [6.45, 7) is 7.83. The van der Waals surface area contributed by atoms with Crippen LogP contribution in [0.4, 0.5) is 0 Å². The second kappa shape index (κ2) is 11.7. The van der Waals surface area contributed by atoms with E-state index in [-0.39, 0.29) is 19.3 Å². The number of carbonyl (C=O) groups excluding carboxylic acids is 1. The van der Waals surface area contributed by atoms with Gasteiger partial charge in [-0.25, -0.2) is 0 Å². The van der Waals surface area contributed by atoms with Crippen LogP contribution in [0.25, 0.3) is 0 Å². The third-order valence-corrected chi connectivity index (χ3v) is 8.31. The fourth-order valence-electron chi connectivity index (χ4n) is 6.45. The summed E-state index contributed by atoms with van der Waals surface area (Å²) >= 11 is 0. The Hall–Kier alpha value is -3.21. The van der Waals surface area contributed by atoms with Gasteiger partial charge < -0.3 is 38.8 Å². The van der Waals surface area contributed by atoms with Crippen LogP contribution in [0, 0.1) is 17.8 Å². The third-order valence-electron chi connectivity index (χ3n) is 8.31. The van der Waals surface area contributed by atoms with E-state index in [0.29, 0.717) is 53.3 Å². The number of fused-ring (bicyclic) bond motifs is 2. The summed E-state index contributed by atoms with van der Waals surface area (Å²) in [6.07, 6.45) is -1.07. The van der Waals surface area contributed by atoms with E-state index in [1.54, 1.807) is 27.4 Å². The molecule has 218 valence electrons. The van der Waals surface area contributed by atoms with E-state index in [0.717, 1.165) is 30.8 Å². The smallest absolute Gasteiger partial charge is 0.231 e. The first-order valence-corrected chi connectivity index (χ1v) is 13.8. The molecule has 0 radical (unpaired) electrons. The quantitative estimate of drug-likeness (QED) is 0.507. The zero-order valence-electron chi connectivity index (χ0n) is 23.9. The van der Waals surface area contributed by atoms with Gasteiger partial charge in [0, 0.05) is 51.2 Å². The molecule has 2 aromatic rings. The van der Waals surface area contributed by atoms with Crippen molar-refractivity contribution in [3.05, 3.63) is 41.0 Å². The molecule has 2 aromatic carbocycles. The number of rotatable bonds is 8. The van der Waals surface area contributed by atoms with Crippen LogP contribution in [0.2, 0.25) is 0 Å². The molecule has 1 amide bonds. The van der Waals surface area contributed by atoms with Crippen molar-refractivity contribution in [1.82, 2.24) is 9.80 Å². The number of piperazine rings is 1. The third kappa shape index (κ3) is 5.04. The molecule has 0 saturated carbocycles. The highest BCUT2D eigenvalue weighted by Crippen LogP contribution is 2.54. The van der Waals surface area contributed by atoms with E-state index in [2.05, 4.69) is 18.7 Å². The van der Waals surface area contributed by atoms with E-state index < -0.39 is 23.9 Å². The molecule has 10 nitrogen and oxygen atoms in total. The van der Waals surface area contributed by atoms with Gasteiger partial charge in [-0.2, -0.15) is 0 Å². The summed E-state index contributed by atoms with van der Waals surface area (Å²) in [7, 11) is 4.64. The van der Waals surface area contributed by atoms with Crippen molar-refractivity contribution in [2.45, 2.75) is 25.9 Å². The first kappa shape index (κ1) is 28.3. The number of hydrogen-bond acceptors (Lipinski definition) is 9. The molecule has 4 atom stereocenters. The van der Waals surface area contributed by atoms with Crippen LogP contribution in [0.1, 0.15) is 42.6 Å². The largest absolute Gasteiger partial charge is 0.493 e. The Labute approximate surface area is 235 Å². The fourth-order valence-corrected chi connectivity index (χ4v) is 6.45. The molecule has 2 N–H and O–H groups in total. The maximum atomic E-state index is 14.4. The lowest BCUT2D eigenvalue weighted by atomic mass is 9.64. The minimum Gasteiger partial charge on any atom is -0.493 e. The van der Waals surface area contributed by atoms with E-state index >= 15 is 0 Å². The first-order chi connectivity index (χ1) is 19.3. The molecule has 1 aliphatic carbocycles. The molecule has 0 spiro atoms. The van der Waals surface area contributed by atoms with Gasteiger partial charge in [-0.15, -0.1) is 0 Å². The zero-order chi connectivity index (χ0) is 28.6. The summed E-state index contributed by atoms with van der Waals surface area (Å²) in [5.74, 6) is 0.888. The van der Waals surface area contributed by atoms with Crippen LogP contribution in [-0.2, 0) is 4.79 Å². The van der Waals surface area contributed by atoms with Crippen molar-refractivity contribution in [2.75, 3.05) is 67.5 Å². The van der Waals surface area contributed by atoms with Crippen LogP contribution in [0.15, 0.2) is 24.3 Å². The maximum absolute atomic E-state index is 14.4. The number of hydrogen-bond donors (Lipinski definition) is 2.